The topological polar surface area (TPSA) is 45.5 Å². The largest absolute Gasteiger partial charge is 0.459 e. The highest BCUT2D eigenvalue weighted by Gasteiger charge is 2.34. The average Bonchev–Trinajstić information content (AvgIpc) is 2.94. The van der Waals surface area contributed by atoms with Gasteiger partial charge in [-0.25, -0.2) is 0 Å². The predicted octanol–water partition coefficient (Wildman–Crippen LogP) is 1.89. The Morgan fingerprint density at radius 3 is 2.95 bits per heavy atom. The molecule has 1 aromatic rings. The van der Waals surface area contributed by atoms with Gasteiger partial charge in [-0.05, 0) is 31.0 Å². The Balaban J connectivity index is 1.72. The zero-order valence-corrected chi connectivity index (χ0v) is 10.2. The Morgan fingerprint density at radius 2 is 2.32 bits per heavy atom. The van der Waals surface area contributed by atoms with Crippen LogP contribution in [0.1, 0.15) is 17.0 Å². The van der Waals surface area contributed by atoms with E-state index in [1.54, 1.807) is 12.1 Å². The van der Waals surface area contributed by atoms with Crippen molar-refractivity contribution in [2.45, 2.75) is 12.6 Å². The van der Waals surface area contributed by atoms with Crippen LogP contribution >= 0.6 is 0 Å². The Labute approximate surface area is 108 Å². The number of halogens is 3. The highest BCUT2D eigenvalue weighted by Crippen LogP contribution is 2.22. The molecule has 2 rings (SSSR count). The summed E-state index contributed by atoms with van der Waals surface area (Å²) in [6, 6.07) is 3.15. The van der Waals surface area contributed by atoms with Crippen LogP contribution in [0.25, 0.3) is 0 Å². The van der Waals surface area contributed by atoms with E-state index in [1.165, 1.54) is 11.2 Å². The van der Waals surface area contributed by atoms with Crippen molar-refractivity contribution >= 4 is 5.91 Å². The Hall–Kier alpha value is -1.50. The monoisotopic (exact) mass is 276 g/mol. The van der Waals surface area contributed by atoms with Gasteiger partial charge in [0.2, 0.25) is 0 Å². The van der Waals surface area contributed by atoms with Crippen molar-refractivity contribution in [2.75, 3.05) is 26.2 Å². The molecule has 1 saturated heterocycles. The minimum atomic E-state index is -4.16. The number of furan rings is 1. The standard InChI is InChI=1S/C12H15F3N2O2/c13-12(14,15)8-17-4-3-9(7-17)6-16-11(18)10-2-1-5-19-10/h1-2,5,9H,3-4,6-8H2,(H,16,18). The molecule has 7 heteroatoms. The first-order chi connectivity index (χ1) is 8.94. The van der Waals surface area contributed by atoms with Gasteiger partial charge in [-0.3, -0.25) is 9.69 Å². The molecule has 1 unspecified atom stereocenters. The van der Waals surface area contributed by atoms with Gasteiger partial charge in [0.05, 0.1) is 12.8 Å². The lowest BCUT2D eigenvalue weighted by Gasteiger charge is -2.17. The molecule has 106 valence electrons. The molecule has 1 atom stereocenters. The number of carbonyl (C=O) groups excluding carboxylic acids is 1. The first kappa shape index (κ1) is 13.9. The maximum absolute atomic E-state index is 12.2. The summed E-state index contributed by atoms with van der Waals surface area (Å²) in [7, 11) is 0. The fourth-order valence-electron chi connectivity index (χ4n) is 2.21. The van der Waals surface area contributed by atoms with E-state index in [2.05, 4.69) is 5.32 Å². The number of hydrogen-bond donors (Lipinski definition) is 1. The third-order valence-electron chi connectivity index (χ3n) is 3.07. The van der Waals surface area contributed by atoms with Crippen LogP contribution < -0.4 is 5.32 Å². The molecule has 0 aliphatic carbocycles. The summed E-state index contributed by atoms with van der Waals surface area (Å²) in [6.07, 6.45) is -2.10. The zero-order valence-electron chi connectivity index (χ0n) is 10.2. The van der Waals surface area contributed by atoms with Crippen LogP contribution in [0.2, 0.25) is 0 Å². The highest BCUT2D eigenvalue weighted by atomic mass is 19.4. The van der Waals surface area contributed by atoms with Crippen LogP contribution in [0, 0.1) is 5.92 Å². The SMILES string of the molecule is O=C(NCC1CCN(CC(F)(F)F)C1)c1ccco1. The second-order valence-corrected chi connectivity index (χ2v) is 4.69. The fraction of sp³-hybridized carbons (Fsp3) is 0.583. The van der Waals surface area contributed by atoms with E-state index < -0.39 is 12.7 Å². The normalized spacial score (nSPS) is 20.7. The third-order valence-corrected chi connectivity index (χ3v) is 3.07. The van der Waals surface area contributed by atoms with Gasteiger partial charge in [0.25, 0.3) is 5.91 Å². The van der Waals surface area contributed by atoms with E-state index in [-0.39, 0.29) is 17.6 Å². The van der Waals surface area contributed by atoms with Crippen LogP contribution in [0.5, 0.6) is 0 Å². The number of carbonyl (C=O) groups is 1. The number of likely N-dealkylation sites (tertiary alicyclic amines) is 1. The lowest BCUT2D eigenvalue weighted by molar-refractivity contribution is -0.143. The summed E-state index contributed by atoms with van der Waals surface area (Å²) < 4.78 is 41.6. The van der Waals surface area contributed by atoms with Crippen LogP contribution in [-0.2, 0) is 0 Å². The van der Waals surface area contributed by atoms with E-state index >= 15 is 0 Å². The first-order valence-corrected chi connectivity index (χ1v) is 6.05. The number of alkyl halides is 3. The summed E-state index contributed by atoms with van der Waals surface area (Å²) in [5, 5.41) is 2.67. The maximum Gasteiger partial charge on any atom is 0.401 e. The van der Waals surface area contributed by atoms with Crippen molar-refractivity contribution in [2.24, 2.45) is 5.92 Å². The number of rotatable bonds is 4. The van der Waals surface area contributed by atoms with Gasteiger partial charge in [0, 0.05) is 13.1 Å². The molecule has 1 amide bonds. The quantitative estimate of drug-likeness (QED) is 0.913. The smallest absolute Gasteiger partial charge is 0.401 e. The molecule has 0 saturated carbocycles. The van der Waals surface area contributed by atoms with Crippen LogP contribution in [-0.4, -0.2) is 43.2 Å². The van der Waals surface area contributed by atoms with Crippen LogP contribution in [0.15, 0.2) is 22.8 Å². The van der Waals surface area contributed by atoms with Gasteiger partial charge in [-0.1, -0.05) is 0 Å². The fourth-order valence-corrected chi connectivity index (χ4v) is 2.21. The van der Waals surface area contributed by atoms with E-state index in [1.807, 2.05) is 0 Å². The van der Waals surface area contributed by atoms with Crippen molar-refractivity contribution in [1.29, 1.82) is 0 Å². The molecule has 1 N–H and O–H groups in total. The summed E-state index contributed by atoms with van der Waals surface area (Å²) in [6.45, 7) is 0.266. The number of amides is 1. The minimum absolute atomic E-state index is 0.0567. The van der Waals surface area contributed by atoms with Crippen molar-refractivity contribution in [1.82, 2.24) is 10.2 Å². The van der Waals surface area contributed by atoms with Gasteiger partial charge in [-0.15, -0.1) is 0 Å². The van der Waals surface area contributed by atoms with Gasteiger partial charge in [0.1, 0.15) is 0 Å². The Bertz CT molecular complexity index is 417. The van der Waals surface area contributed by atoms with E-state index in [0.29, 0.717) is 26.1 Å². The van der Waals surface area contributed by atoms with E-state index in [0.717, 1.165) is 0 Å². The molecule has 1 fully saturated rings. The van der Waals surface area contributed by atoms with Gasteiger partial charge >= 0.3 is 6.18 Å². The Morgan fingerprint density at radius 1 is 1.53 bits per heavy atom. The molecule has 0 spiro atoms. The van der Waals surface area contributed by atoms with Crippen molar-refractivity contribution in [3.63, 3.8) is 0 Å². The molecular formula is C12H15F3N2O2. The first-order valence-electron chi connectivity index (χ1n) is 6.05. The molecule has 1 aliphatic rings. The molecule has 0 radical (unpaired) electrons. The average molecular weight is 276 g/mol. The van der Waals surface area contributed by atoms with Crippen molar-refractivity contribution in [3.05, 3.63) is 24.2 Å². The number of nitrogens with zero attached hydrogens (tertiary/aromatic N) is 1. The molecule has 19 heavy (non-hydrogen) atoms. The third kappa shape index (κ3) is 4.27. The van der Waals surface area contributed by atoms with Gasteiger partial charge < -0.3 is 9.73 Å². The van der Waals surface area contributed by atoms with E-state index in [9.17, 15) is 18.0 Å². The summed E-state index contributed by atoms with van der Waals surface area (Å²) in [5.74, 6) is -0.0642. The lowest BCUT2D eigenvalue weighted by atomic mass is 10.1. The Kier molecular flexibility index (Phi) is 4.14. The van der Waals surface area contributed by atoms with E-state index in [4.69, 9.17) is 4.42 Å². The van der Waals surface area contributed by atoms with Gasteiger partial charge in [-0.2, -0.15) is 13.2 Å². The molecule has 1 aliphatic heterocycles. The maximum atomic E-state index is 12.2. The number of hydrogen-bond acceptors (Lipinski definition) is 3. The summed E-state index contributed by atoms with van der Waals surface area (Å²) >= 11 is 0. The minimum Gasteiger partial charge on any atom is -0.459 e. The lowest BCUT2D eigenvalue weighted by Crippen LogP contribution is -2.34. The zero-order chi connectivity index (χ0) is 13.9. The molecule has 1 aromatic heterocycles. The van der Waals surface area contributed by atoms with Crippen LogP contribution in [0.4, 0.5) is 13.2 Å². The second-order valence-electron chi connectivity index (χ2n) is 4.69. The van der Waals surface area contributed by atoms with Crippen LogP contribution in [0.3, 0.4) is 0 Å². The second kappa shape index (κ2) is 5.64. The summed E-state index contributed by atoms with van der Waals surface area (Å²) in [4.78, 5) is 12.9. The molecule has 0 aromatic carbocycles. The molecule has 4 nitrogen and oxygen atoms in total. The number of nitrogens with one attached hydrogen (secondary N) is 1. The predicted molar refractivity (Wildman–Crippen MR) is 61.6 cm³/mol. The van der Waals surface area contributed by atoms with Crippen molar-refractivity contribution < 1.29 is 22.4 Å². The molecular weight excluding hydrogens is 261 g/mol. The van der Waals surface area contributed by atoms with Crippen molar-refractivity contribution in [3.8, 4) is 0 Å². The van der Waals surface area contributed by atoms with Gasteiger partial charge in [0.15, 0.2) is 5.76 Å². The summed E-state index contributed by atoms with van der Waals surface area (Å²) in [5.41, 5.74) is 0. The molecule has 0 bridgehead atoms. The highest BCUT2D eigenvalue weighted by molar-refractivity contribution is 5.91. The molecule has 2 heterocycles.